The number of thiazole rings is 1. The van der Waals surface area contributed by atoms with Crippen LogP contribution in [0.25, 0.3) is 21.2 Å². The van der Waals surface area contributed by atoms with Crippen molar-refractivity contribution in [3.63, 3.8) is 0 Å². The zero-order chi connectivity index (χ0) is 22.5. The molecule has 4 aromatic rings. The van der Waals surface area contributed by atoms with Crippen molar-refractivity contribution >= 4 is 38.4 Å². The molecule has 1 amide bonds. The average Bonchev–Trinajstić information content (AvgIpc) is 3.36. The summed E-state index contributed by atoms with van der Waals surface area (Å²) in [5, 5.41) is 0.802. The van der Waals surface area contributed by atoms with Crippen LogP contribution in [0.3, 0.4) is 0 Å². The summed E-state index contributed by atoms with van der Waals surface area (Å²) in [6, 6.07) is 13.2. The summed E-state index contributed by atoms with van der Waals surface area (Å²) in [4.78, 5) is 18.0. The van der Waals surface area contributed by atoms with Gasteiger partial charge in [-0.2, -0.15) is 4.99 Å². The van der Waals surface area contributed by atoms with E-state index in [0.29, 0.717) is 49.1 Å². The highest BCUT2D eigenvalue weighted by Crippen LogP contribution is 2.29. The first-order valence-electron chi connectivity index (χ1n) is 10.7. The Hall–Kier alpha value is -3.10. The number of hydrogen-bond donors (Lipinski definition) is 0. The lowest BCUT2D eigenvalue weighted by atomic mass is 10.2. The molecule has 0 saturated heterocycles. The summed E-state index contributed by atoms with van der Waals surface area (Å²) in [6.07, 6.45) is 0. The highest BCUT2D eigenvalue weighted by Gasteiger charge is 2.16. The zero-order valence-corrected chi connectivity index (χ0v) is 19.2. The van der Waals surface area contributed by atoms with Gasteiger partial charge in [0.05, 0.1) is 30.0 Å². The molecule has 7 nitrogen and oxygen atoms in total. The Kier molecular flexibility index (Phi) is 6.92. The van der Waals surface area contributed by atoms with Gasteiger partial charge in [0, 0.05) is 18.5 Å². The lowest BCUT2D eigenvalue weighted by molar-refractivity contribution is 0.0972. The lowest BCUT2D eigenvalue weighted by Crippen LogP contribution is -2.19. The number of furan rings is 1. The van der Waals surface area contributed by atoms with Gasteiger partial charge in [0.25, 0.3) is 0 Å². The molecular formula is C24H26N2O5S. The maximum absolute atomic E-state index is 13.0. The maximum Gasteiger partial charge on any atom is 0.315 e. The van der Waals surface area contributed by atoms with Crippen LogP contribution >= 0.6 is 11.3 Å². The quantitative estimate of drug-likeness (QED) is 0.332. The molecule has 8 heteroatoms. The standard InChI is InChI=1S/C24H26N2O5S/c1-4-28-13-12-26-18-11-10-17(29-5-2)15-21(18)32-24(26)25-23(27)20-14-16-8-7-9-19(30-6-3)22(16)31-20/h7-11,14-15H,4-6,12-13H2,1-3H3. The first-order chi connectivity index (χ1) is 15.6. The molecule has 0 fully saturated rings. The van der Waals surface area contributed by atoms with E-state index in [1.807, 2.05) is 61.7 Å². The van der Waals surface area contributed by atoms with Crippen LogP contribution in [0.5, 0.6) is 11.5 Å². The van der Waals surface area contributed by atoms with Gasteiger partial charge in [0.2, 0.25) is 0 Å². The fourth-order valence-electron chi connectivity index (χ4n) is 3.46. The van der Waals surface area contributed by atoms with Gasteiger partial charge in [0.15, 0.2) is 21.9 Å². The van der Waals surface area contributed by atoms with Crippen molar-refractivity contribution in [3.8, 4) is 11.5 Å². The van der Waals surface area contributed by atoms with E-state index in [4.69, 9.17) is 18.6 Å². The third-order valence-electron chi connectivity index (χ3n) is 4.84. The normalized spacial score (nSPS) is 12.0. The number of para-hydroxylation sites is 1. The topological polar surface area (TPSA) is 75.2 Å². The van der Waals surface area contributed by atoms with Crippen molar-refractivity contribution in [2.75, 3.05) is 26.4 Å². The van der Waals surface area contributed by atoms with Crippen LogP contribution in [0.4, 0.5) is 0 Å². The molecule has 0 spiro atoms. The summed E-state index contributed by atoms with van der Waals surface area (Å²) in [7, 11) is 0. The van der Waals surface area contributed by atoms with Crippen LogP contribution < -0.4 is 14.3 Å². The Morgan fingerprint density at radius 1 is 1.06 bits per heavy atom. The largest absolute Gasteiger partial charge is 0.494 e. The van der Waals surface area contributed by atoms with E-state index in [1.165, 1.54) is 11.3 Å². The molecule has 0 aliphatic heterocycles. The van der Waals surface area contributed by atoms with Crippen molar-refractivity contribution < 1.29 is 23.4 Å². The molecular weight excluding hydrogens is 428 g/mol. The minimum Gasteiger partial charge on any atom is -0.494 e. The molecule has 32 heavy (non-hydrogen) atoms. The number of fused-ring (bicyclic) bond motifs is 2. The van der Waals surface area contributed by atoms with Crippen LogP contribution in [0, 0.1) is 0 Å². The third-order valence-corrected chi connectivity index (χ3v) is 5.89. The molecule has 2 aromatic heterocycles. The lowest BCUT2D eigenvalue weighted by Gasteiger charge is -2.06. The number of carbonyl (C=O) groups is 1. The van der Waals surface area contributed by atoms with Gasteiger partial charge in [-0.3, -0.25) is 4.79 Å². The zero-order valence-electron chi connectivity index (χ0n) is 18.4. The minimum absolute atomic E-state index is 0.177. The Morgan fingerprint density at radius 3 is 2.69 bits per heavy atom. The monoisotopic (exact) mass is 454 g/mol. The van der Waals surface area contributed by atoms with Crippen LogP contribution in [0.15, 0.2) is 51.9 Å². The number of hydrogen-bond acceptors (Lipinski definition) is 6. The van der Waals surface area contributed by atoms with E-state index in [0.717, 1.165) is 21.4 Å². The second kappa shape index (κ2) is 10.0. The van der Waals surface area contributed by atoms with Crippen LogP contribution in [0.2, 0.25) is 0 Å². The Morgan fingerprint density at radius 2 is 1.91 bits per heavy atom. The van der Waals surface area contributed by atoms with E-state index in [-0.39, 0.29) is 5.76 Å². The van der Waals surface area contributed by atoms with Crippen LogP contribution in [-0.4, -0.2) is 36.9 Å². The van der Waals surface area contributed by atoms with Gasteiger partial charge in [-0.1, -0.05) is 23.5 Å². The van der Waals surface area contributed by atoms with Crippen molar-refractivity contribution in [1.29, 1.82) is 0 Å². The smallest absolute Gasteiger partial charge is 0.315 e. The average molecular weight is 455 g/mol. The number of aromatic nitrogens is 1. The van der Waals surface area contributed by atoms with Crippen molar-refractivity contribution in [2.45, 2.75) is 27.3 Å². The highest BCUT2D eigenvalue weighted by molar-refractivity contribution is 7.16. The minimum atomic E-state index is -0.439. The molecule has 0 saturated carbocycles. The third kappa shape index (κ3) is 4.56. The molecule has 168 valence electrons. The molecule has 2 heterocycles. The molecule has 0 bridgehead atoms. The highest BCUT2D eigenvalue weighted by atomic mass is 32.1. The Balaban J connectivity index is 1.75. The van der Waals surface area contributed by atoms with Gasteiger partial charge in [-0.25, -0.2) is 0 Å². The first-order valence-corrected chi connectivity index (χ1v) is 11.5. The molecule has 0 aliphatic carbocycles. The van der Waals surface area contributed by atoms with Gasteiger partial charge >= 0.3 is 5.91 Å². The number of ether oxygens (including phenoxy) is 3. The van der Waals surface area contributed by atoms with E-state index in [2.05, 4.69) is 4.99 Å². The summed E-state index contributed by atoms with van der Waals surface area (Å²) >= 11 is 1.44. The summed E-state index contributed by atoms with van der Waals surface area (Å²) in [5.41, 5.74) is 1.53. The van der Waals surface area contributed by atoms with E-state index < -0.39 is 5.91 Å². The fraction of sp³-hybridized carbons (Fsp3) is 0.333. The maximum atomic E-state index is 13.0. The molecule has 0 N–H and O–H groups in total. The van der Waals surface area contributed by atoms with Crippen molar-refractivity contribution in [2.24, 2.45) is 4.99 Å². The molecule has 4 rings (SSSR count). The van der Waals surface area contributed by atoms with Crippen LogP contribution in [-0.2, 0) is 11.3 Å². The summed E-state index contributed by atoms with van der Waals surface area (Å²) in [6.45, 7) is 8.65. The molecule has 2 aromatic carbocycles. The SMILES string of the molecule is CCOCCn1c(=NC(=O)c2cc3cccc(OCC)c3o2)sc2cc(OCC)ccc21. The van der Waals surface area contributed by atoms with Gasteiger partial charge in [-0.05, 0) is 51.1 Å². The Labute approximate surface area is 189 Å². The van der Waals surface area contributed by atoms with E-state index in [1.54, 1.807) is 6.07 Å². The van der Waals surface area contributed by atoms with Crippen molar-refractivity contribution in [3.05, 3.63) is 53.0 Å². The van der Waals surface area contributed by atoms with Gasteiger partial charge in [-0.15, -0.1) is 0 Å². The number of rotatable bonds is 9. The van der Waals surface area contributed by atoms with Crippen LogP contribution in [0.1, 0.15) is 31.3 Å². The van der Waals surface area contributed by atoms with Crippen molar-refractivity contribution in [1.82, 2.24) is 4.57 Å². The molecule has 0 aliphatic rings. The second-order valence-electron chi connectivity index (χ2n) is 6.93. The summed E-state index contributed by atoms with van der Waals surface area (Å²) < 4.78 is 25.6. The van der Waals surface area contributed by atoms with E-state index >= 15 is 0 Å². The first kappa shape index (κ1) is 22.1. The Bertz CT molecular complexity index is 1300. The number of benzene rings is 2. The predicted octanol–water partition coefficient (Wildman–Crippen LogP) is 5.02. The van der Waals surface area contributed by atoms with E-state index in [9.17, 15) is 4.79 Å². The second-order valence-corrected chi connectivity index (χ2v) is 7.94. The fourth-order valence-corrected chi connectivity index (χ4v) is 4.55. The van der Waals surface area contributed by atoms with Gasteiger partial charge in [0.1, 0.15) is 5.75 Å². The molecule has 0 atom stereocenters. The molecule has 0 unspecified atom stereocenters. The molecule has 0 radical (unpaired) electrons. The predicted molar refractivity (Wildman–Crippen MR) is 125 cm³/mol. The van der Waals surface area contributed by atoms with Gasteiger partial charge < -0.3 is 23.2 Å². The summed E-state index contributed by atoms with van der Waals surface area (Å²) in [5.74, 6) is 1.14. The number of nitrogens with zero attached hydrogens (tertiary/aromatic N) is 2. The number of carbonyl (C=O) groups excluding carboxylic acids is 1. The number of amides is 1.